The summed E-state index contributed by atoms with van der Waals surface area (Å²) in [6.07, 6.45) is 0. The van der Waals surface area contributed by atoms with Crippen LogP contribution in [-0.2, 0) is 9.47 Å². The summed E-state index contributed by atoms with van der Waals surface area (Å²) in [7, 11) is 2.42. The van der Waals surface area contributed by atoms with Gasteiger partial charge in [0.25, 0.3) is 0 Å². The van der Waals surface area contributed by atoms with Gasteiger partial charge in [-0.15, -0.1) is 11.3 Å². The summed E-state index contributed by atoms with van der Waals surface area (Å²) in [5, 5.41) is 2.35. The zero-order valence-electron chi connectivity index (χ0n) is 12.8. The Hall–Kier alpha value is -2.93. The molecule has 0 aliphatic heterocycles. The van der Waals surface area contributed by atoms with Crippen LogP contribution in [-0.4, -0.2) is 26.2 Å². The van der Waals surface area contributed by atoms with Crippen molar-refractivity contribution in [2.24, 2.45) is 0 Å². The fourth-order valence-corrected chi connectivity index (χ4v) is 3.06. The molecule has 24 heavy (non-hydrogen) atoms. The number of hydrogen-bond donors (Lipinski definition) is 0. The molecule has 0 radical (unpaired) electrons. The third-order valence-electron chi connectivity index (χ3n) is 3.47. The van der Waals surface area contributed by atoms with Crippen LogP contribution in [0.3, 0.4) is 0 Å². The Morgan fingerprint density at radius 3 is 2.29 bits per heavy atom. The molecule has 0 aliphatic rings. The lowest BCUT2D eigenvalue weighted by atomic mass is 10.0. The van der Waals surface area contributed by atoms with Gasteiger partial charge in [0.15, 0.2) is 0 Å². The largest absolute Gasteiger partial charge is 0.465 e. The molecule has 0 fully saturated rings. The zero-order chi connectivity index (χ0) is 17.3. The summed E-state index contributed by atoms with van der Waals surface area (Å²) >= 11 is 1.40. The maximum Gasteiger partial charge on any atom is 0.345 e. The lowest BCUT2D eigenvalue weighted by Gasteiger charge is -2.08. The van der Waals surface area contributed by atoms with Gasteiger partial charge in [-0.1, -0.05) is 6.07 Å². The average molecular weight is 344 g/mol. The van der Waals surface area contributed by atoms with Crippen LogP contribution in [0.25, 0.3) is 21.4 Å². The highest BCUT2D eigenvalue weighted by Crippen LogP contribution is 2.27. The number of thiophene rings is 1. The first-order chi connectivity index (χ1) is 11.5. The van der Waals surface area contributed by atoms with Gasteiger partial charge in [0.2, 0.25) is 0 Å². The summed E-state index contributed by atoms with van der Waals surface area (Å²) < 4.78 is 14.7. The number of fused-ring (bicyclic) bond motifs is 1. The van der Waals surface area contributed by atoms with E-state index in [-0.39, 0.29) is 16.7 Å². The van der Waals surface area contributed by atoms with Crippen molar-refractivity contribution in [1.82, 2.24) is 0 Å². The molecule has 0 spiro atoms. The summed E-state index contributed by atoms with van der Waals surface area (Å²) in [6, 6.07) is 8.01. The highest BCUT2D eigenvalue weighted by Gasteiger charge is 2.21. The second-order valence-electron chi connectivity index (χ2n) is 4.84. The van der Waals surface area contributed by atoms with E-state index >= 15 is 0 Å². The fraction of sp³-hybridized carbons (Fsp3) is 0.118. The van der Waals surface area contributed by atoms with Crippen molar-refractivity contribution in [2.45, 2.75) is 0 Å². The number of rotatable bonds is 3. The third-order valence-corrected chi connectivity index (χ3v) is 4.37. The molecule has 0 bridgehead atoms. The first-order valence-electron chi connectivity index (χ1n) is 6.87. The van der Waals surface area contributed by atoms with Crippen molar-refractivity contribution in [2.75, 3.05) is 14.2 Å². The molecule has 0 unspecified atom stereocenters. The number of benzene rings is 1. The van der Waals surface area contributed by atoms with E-state index in [1.807, 2.05) is 11.4 Å². The molecule has 3 aromatic rings. The molecule has 0 N–H and O–H groups in total. The minimum atomic E-state index is -0.720. The Labute approximate surface area is 140 Å². The van der Waals surface area contributed by atoms with Crippen molar-refractivity contribution in [3.8, 4) is 10.4 Å². The molecule has 2 aromatic heterocycles. The summed E-state index contributed by atoms with van der Waals surface area (Å²) in [4.78, 5) is 36.8. The number of methoxy groups -OCH3 is 2. The molecule has 0 saturated carbocycles. The molecule has 0 saturated heterocycles. The van der Waals surface area contributed by atoms with Gasteiger partial charge in [-0.25, -0.2) is 14.4 Å². The van der Waals surface area contributed by atoms with Gasteiger partial charge >= 0.3 is 17.6 Å². The minimum Gasteiger partial charge on any atom is -0.465 e. The monoisotopic (exact) mass is 344 g/mol. The lowest BCUT2D eigenvalue weighted by molar-refractivity contribution is 0.0555. The van der Waals surface area contributed by atoms with Crippen LogP contribution in [0.2, 0.25) is 0 Å². The van der Waals surface area contributed by atoms with E-state index in [0.29, 0.717) is 10.9 Å². The Morgan fingerprint density at radius 2 is 1.71 bits per heavy atom. The van der Waals surface area contributed by atoms with Crippen LogP contribution in [0, 0.1) is 0 Å². The van der Waals surface area contributed by atoms with E-state index in [0.717, 1.165) is 4.88 Å². The van der Waals surface area contributed by atoms with Crippen LogP contribution in [0.4, 0.5) is 0 Å². The predicted octanol–water partition coefficient (Wildman–Crippen LogP) is 3.09. The summed E-state index contributed by atoms with van der Waals surface area (Å²) in [5.41, 5.74) is 0.0748. The normalized spacial score (nSPS) is 10.6. The van der Waals surface area contributed by atoms with E-state index in [1.54, 1.807) is 12.1 Å². The molecule has 2 heterocycles. The molecule has 3 rings (SSSR count). The summed E-state index contributed by atoms with van der Waals surface area (Å²) in [5.74, 6) is -1.40. The Bertz CT molecular complexity index is 984. The van der Waals surface area contributed by atoms with Gasteiger partial charge in [0.1, 0.15) is 5.58 Å². The molecule has 1 aromatic carbocycles. The molecule has 122 valence electrons. The van der Waals surface area contributed by atoms with Gasteiger partial charge in [0.05, 0.1) is 30.9 Å². The topological polar surface area (TPSA) is 82.8 Å². The second kappa shape index (κ2) is 6.29. The van der Waals surface area contributed by atoms with Crippen LogP contribution < -0.4 is 5.63 Å². The molecule has 6 nitrogen and oxygen atoms in total. The lowest BCUT2D eigenvalue weighted by Crippen LogP contribution is -2.12. The van der Waals surface area contributed by atoms with Crippen molar-refractivity contribution in [3.05, 3.63) is 57.3 Å². The molecular formula is C17H12O6S. The second-order valence-corrected chi connectivity index (χ2v) is 5.79. The number of esters is 2. The van der Waals surface area contributed by atoms with Crippen molar-refractivity contribution >= 4 is 34.2 Å². The third kappa shape index (κ3) is 2.69. The number of carbonyl (C=O) groups is 2. The first-order valence-corrected chi connectivity index (χ1v) is 7.75. The van der Waals surface area contributed by atoms with Crippen molar-refractivity contribution < 1.29 is 23.5 Å². The SMILES string of the molecule is COC(=O)c1cc2cc(-c3cccs3)c(=O)oc2cc1C(=O)OC. The van der Waals surface area contributed by atoms with E-state index in [9.17, 15) is 14.4 Å². The smallest absolute Gasteiger partial charge is 0.345 e. The Kier molecular flexibility index (Phi) is 4.18. The van der Waals surface area contributed by atoms with Gasteiger partial charge in [-0.3, -0.25) is 0 Å². The van der Waals surface area contributed by atoms with Crippen LogP contribution >= 0.6 is 11.3 Å². The molecule has 0 atom stereocenters. The van der Waals surface area contributed by atoms with E-state index in [4.69, 9.17) is 9.15 Å². The predicted molar refractivity (Wildman–Crippen MR) is 88.5 cm³/mol. The molecule has 0 aliphatic carbocycles. The van der Waals surface area contributed by atoms with Crippen LogP contribution in [0.1, 0.15) is 20.7 Å². The molecule has 0 amide bonds. The Balaban J connectivity index is 2.29. The van der Waals surface area contributed by atoms with Crippen molar-refractivity contribution in [1.29, 1.82) is 0 Å². The minimum absolute atomic E-state index is 0.0242. The fourth-order valence-electron chi connectivity index (χ4n) is 2.33. The van der Waals surface area contributed by atoms with Gasteiger partial charge in [-0.05, 0) is 29.6 Å². The maximum atomic E-state index is 12.2. The highest BCUT2D eigenvalue weighted by molar-refractivity contribution is 7.13. The molecular weight excluding hydrogens is 332 g/mol. The quantitative estimate of drug-likeness (QED) is 0.536. The van der Waals surface area contributed by atoms with Gasteiger partial charge < -0.3 is 13.9 Å². The average Bonchev–Trinajstić information content (AvgIpc) is 3.13. The Morgan fingerprint density at radius 1 is 1.04 bits per heavy atom. The summed E-state index contributed by atoms with van der Waals surface area (Å²) in [6.45, 7) is 0. The van der Waals surface area contributed by atoms with E-state index in [2.05, 4.69) is 4.74 Å². The van der Waals surface area contributed by atoms with E-state index in [1.165, 1.54) is 37.7 Å². The number of ether oxygens (including phenoxy) is 2. The standard InChI is InChI=1S/C17H12O6S/c1-21-15(18)10-6-9-7-12(14-4-3-5-24-14)17(20)23-13(9)8-11(10)16(19)22-2/h3-8H,1-2H3. The molecule has 7 heteroatoms. The highest BCUT2D eigenvalue weighted by atomic mass is 32.1. The van der Waals surface area contributed by atoms with Crippen LogP contribution in [0.15, 0.2) is 44.9 Å². The van der Waals surface area contributed by atoms with E-state index < -0.39 is 17.6 Å². The van der Waals surface area contributed by atoms with Crippen LogP contribution in [0.5, 0.6) is 0 Å². The van der Waals surface area contributed by atoms with Gasteiger partial charge in [0, 0.05) is 10.3 Å². The first kappa shape index (κ1) is 15.9. The zero-order valence-corrected chi connectivity index (χ0v) is 13.6. The maximum absolute atomic E-state index is 12.2. The number of carbonyl (C=O) groups excluding carboxylic acids is 2. The van der Waals surface area contributed by atoms with Crippen molar-refractivity contribution in [3.63, 3.8) is 0 Å². The van der Waals surface area contributed by atoms with Gasteiger partial charge in [-0.2, -0.15) is 0 Å². The number of hydrogen-bond acceptors (Lipinski definition) is 7.